The fourth-order valence-corrected chi connectivity index (χ4v) is 19.2. The summed E-state index contributed by atoms with van der Waals surface area (Å²) in [6, 6.07) is 0. The summed E-state index contributed by atoms with van der Waals surface area (Å²) in [5, 5.41) is 0. The maximum atomic E-state index is 12.8. The Bertz CT molecular complexity index is 3910. The minimum absolute atomic E-state index is 0. The molecule has 15 rings (SSSR count). The third-order valence-electron chi connectivity index (χ3n) is 29.8. The largest absolute Gasteiger partial charge is 0.458 e. The second-order valence-corrected chi connectivity index (χ2v) is 42.0. The van der Waals surface area contributed by atoms with E-state index in [2.05, 4.69) is 0 Å². The number of hydrogen-bond acceptors (Lipinski definition) is 28. The number of ether oxygens (including phenoxy) is 14. The highest BCUT2D eigenvalue weighted by atomic mass is 16.7. The SMILES string of the molecule is C.C.C.C.C.C.C.C.C.C.CCC(C)(C)C(=O)OC(C)(C)C(=O)OC1(C)C2CC3C(=O)OC1C3C2.CCC(C)(C)C(=O)OC(C)(C)C(=O)OC1C2CC3C(=O)OC1(C)C3C2.CCC(C)(C)C(=O)OC(C)(C)C(=O)OC1C2CC3C(=O)OC1C3C2.CCC(C)(C)C(=O)OC(C)(C)C(=O)OC1C2OC(=O)C3CC1(C)CC32.CCC(C)(C)C(=O)OC1CC2CCC1(C)OC2=O. The molecular weight excluding hydrogens is 1640 g/mol. The zero-order valence-corrected chi connectivity index (χ0v) is 74.2. The molecule has 127 heavy (non-hydrogen) atoms. The maximum Gasteiger partial charge on any atom is 0.350 e. The Kier molecular flexibility index (Phi) is 38.8. The first kappa shape index (κ1) is 120. The van der Waals surface area contributed by atoms with Crippen molar-refractivity contribution in [2.75, 3.05) is 0 Å². The van der Waals surface area contributed by atoms with Crippen LogP contribution in [-0.4, -0.2) is 166 Å². The van der Waals surface area contributed by atoms with Gasteiger partial charge in [0.05, 0.1) is 56.7 Å². The molecule has 6 heterocycles. The highest BCUT2D eigenvalue weighted by Gasteiger charge is 2.73. The number of carbonyl (C=O) groups excluding carboxylic acids is 14. The molecule has 0 N–H and O–H groups in total. The molecular formula is C99H172O28. The van der Waals surface area contributed by atoms with Crippen LogP contribution in [0, 0.1) is 104 Å². The molecule has 0 amide bonds. The predicted octanol–water partition coefficient (Wildman–Crippen LogP) is 18.9. The van der Waals surface area contributed by atoms with Gasteiger partial charge in [-0.2, -0.15) is 0 Å². The van der Waals surface area contributed by atoms with E-state index in [1.54, 1.807) is 69.2 Å². The summed E-state index contributed by atoms with van der Waals surface area (Å²) < 4.78 is 77.7. The molecule has 15 aliphatic rings. The highest BCUT2D eigenvalue weighted by molar-refractivity contribution is 5.89. The van der Waals surface area contributed by atoms with Crippen LogP contribution in [0.25, 0.3) is 0 Å². The first-order chi connectivity index (χ1) is 53.6. The summed E-state index contributed by atoms with van der Waals surface area (Å²) in [6.07, 6.45) is 8.91. The van der Waals surface area contributed by atoms with Crippen LogP contribution in [0.15, 0.2) is 0 Å². The predicted molar refractivity (Wildman–Crippen MR) is 482 cm³/mol. The van der Waals surface area contributed by atoms with Gasteiger partial charge in [0.1, 0.15) is 59.5 Å². The van der Waals surface area contributed by atoms with E-state index in [1.807, 2.05) is 76.2 Å². The fraction of sp³-hybridized carbons (Fsp3) is 0.859. The minimum Gasteiger partial charge on any atom is -0.458 e. The Morgan fingerprint density at radius 2 is 0.764 bits per heavy atom. The van der Waals surface area contributed by atoms with E-state index in [4.69, 9.17) is 66.3 Å². The molecule has 10 bridgehead atoms. The van der Waals surface area contributed by atoms with Gasteiger partial charge in [-0.1, -0.05) is 116 Å². The molecule has 736 valence electrons. The van der Waals surface area contributed by atoms with E-state index >= 15 is 0 Å². The second kappa shape index (κ2) is 41.2. The van der Waals surface area contributed by atoms with E-state index in [9.17, 15) is 67.1 Å². The zero-order valence-electron chi connectivity index (χ0n) is 74.2. The quantitative estimate of drug-likeness (QED) is 0.0677. The summed E-state index contributed by atoms with van der Waals surface area (Å²) >= 11 is 0. The first-order valence-electron chi connectivity index (χ1n) is 42.7. The lowest BCUT2D eigenvalue weighted by Crippen LogP contribution is -2.57. The Morgan fingerprint density at radius 3 is 1.21 bits per heavy atom. The van der Waals surface area contributed by atoms with Crippen LogP contribution in [0.4, 0.5) is 0 Å². The summed E-state index contributed by atoms with van der Waals surface area (Å²) in [5.74, 6) is -4.37. The van der Waals surface area contributed by atoms with Gasteiger partial charge in [0, 0.05) is 53.3 Å². The standard InChI is InChI=1S/3C19H28O6.C18H26O6.C14H22O4.10CH4/c1-7-17(2,3)15(21)25-18(4,5)16(22)24-13-12-10-8-19(13,6)9-11(10)14(20)23-12;1-7-17(2,3)15(21)24-18(4,5)16(22)25-19(6)10-8-11-12(9-10)14(20)23-13(11)19;1-7-17(2,3)15(21)25-18(4,5)16(22)23-13-10-8-11-12(9-10)19(13,6)24-14(11)20;1-6-17(2,3)15(20)24-18(4,5)16(21)23-12-9-7-10-11(8-9)14(19)22-13(10)12;1-5-13(2,3)12(16)17-10-8-9-6-7-14(10,4)18-11(9)15;;;;;;;;;;/h3*10-13H,7-9H2,1-6H3;9-13H,6-8H2,1-5H3;9-10H,5-8H2,1-4H3;10*1H4. The minimum atomic E-state index is -1.39. The van der Waals surface area contributed by atoms with Gasteiger partial charge in [-0.3, -0.25) is 47.9 Å². The van der Waals surface area contributed by atoms with Crippen molar-refractivity contribution < 1.29 is 133 Å². The van der Waals surface area contributed by atoms with E-state index in [0.29, 0.717) is 51.4 Å². The molecule has 23 atom stereocenters. The average molecular weight is 1810 g/mol. The van der Waals surface area contributed by atoms with Gasteiger partial charge in [-0.25, -0.2) is 19.2 Å². The Hall–Kier alpha value is -7.42. The molecule has 6 saturated heterocycles. The Balaban J connectivity index is 0.00000154. The van der Waals surface area contributed by atoms with Crippen molar-refractivity contribution in [1.82, 2.24) is 0 Å². The van der Waals surface area contributed by atoms with Gasteiger partial charge >= 0.3 is 83.6 Å². The van der Waals surface area contributed by atoms with Crippen molar-refractivity contribution in [2.24, 2.45) is 104 Å². The van der Waals surface area contributed by atoms with E-state index in [1.165, 1.54) is 41.5 Å². The van der Waals surface area contributed by atoms with E-state index in [-0.39, 0.29) is 211 Å². The lowest BCUT2D eigenvalue weighted by Gasteiger charge is -2.48. The summed E-state index contributed by atoms with van der Waals surface area (Å²) in [7, 11) is 0. The molecule has 6 aliphatic heterocycles. The third-order valence-corrected chi connectivity index (χ3v) is 29.8. The molecule has 0 spiro atoms. The molecule has 0 aromatic rings. The molecule has 28 heteroatoms. The maximum absolute atomic E-state index is 12.8. The molecule has 28 nitrogen and oxygen atoms in total. The molecule has 9 aliphatic carbocycles. The van der Waals surface area contributed by atoms with Crippen molar-refractivity contribution in [2.45, 2.75) is 446 Å². The van der Waals surface area contributed by atoms with E-state index in [0.717, 1.165) is 51.4 Å². The number of rotatable bonds is 23. The summed E-state index contributed by atoms with van der Waals surface area (Å²) in [4.78, 5) is 171. The van der Waals surface area contributed by atoms with Gasteiger partial charge in [0.2, 0.25) is 22.4 Å². The molecule has 0 radical (unpaired) electrons. The number of fused-ring (bicyclic) bond motifs is 7. The molecule has 23 unspecified atom stereocenters. The summed E-state index contributed by atoms with van der Waals surface area (Å²) in [5.41, 5.74) is -11.1. The van der Waals surface area contributed by atoms with Gasteiger partial charge in [0.15, 0.2) is 0 Å². The number of carbonyl (C=O) groups is 14. The van der Waals surface area contributed by atoms with Crippen molar-refractivity contribution in [3.63, 3.8) is 0 Å². The Labute approximate surface area is 762 Å². The lowest BCUT2D eigenvalue weighted by molar-refractivity contribution is -0.221. The first-order valence-corrected chi connectivity index (χ1v) is 42.7. The second-order valence-electron chi connectivity index (χ2n) is 42.0. The van der Waals surface area contributed by atoms with Crippen LogP contribution in [0.5, 0.6) is 0 Å². The summed E-state index contributed by atoms with van der Waals surface area (Å²) in [6.45, 7) is 47.5. The molecule has 0 aromatic carbocycles. The van der Waals surface area contributed by atoms with Crippen LogP contribution in [-0.2, 0) is 133 Å². The highest BCUT2D eigenvalue weighted by Crippen LogP contribution is 2.65. The zero-order chi connectivity index (χ0) is 87.8. The van der Waals surface area contributed by atoms with Crippen molar-refractivity contribution in [3.05, 3.63) is 0 Å². The molecule has 9 saturated carbocycles. The number of hydrogen-bond donors (Lipinski definition) is 0. The van der Waals surface area contributed by atoms with Crippen LogP contribution < -0.4 is 0 Å². The lowest BCUT2D eigenvalue weighted by atomic mass is 9.74. The topological polar surface area (TPSA) is 368 Å². The van der Waals surface area contributed by atoms with Crippen LogP contribution >= 0.6 is 0 Å². The van der Waals surface area contributed by atoms with Crippen LogP contribution in [0.3, 0.4) is 0 Å². The normalized spacial score (nSPS) is 32.9. The van der Waals surface area contributed by atoms with Gasteiger partial charge < -0.3 is 66.3 Å². The van der Waals surface area contributed by atoms with Crippen LogP contribution in [0.2, 0.25) is 0 Å². The van der Waals surface area contributed by atoms with Gasteiger partial charge in [0.25, 0.3) is 0 Å². The Morgan fingerprint density at radius 1 is 0.362 bits per heavy atom. The fourth-order valence-electron chi connectivity index (χ4n) is 19.2. The van der Waals surface area contributed by atoms with Crippen molar-refractivity contribution in [3.8, 4) is 0 Å². The van der Waals surface area contributed by atoms with Crippen LogP contribution in [0.1, 0.15) is 364 Å². The van der Waals surface area contributed by atoms with Crippen molar-refractivity contribution in [1.29, 1.82) is 0 Å². The number of esters is 14. The van der Waals surface area contributed by atoms with Gasteiger partial charge in [-0.15, -0.1) is 0 Å². The van der Waals surface area contributed by atoms with Gasteiger partial charge in [-0.05, 0) is 242 Å². The van der Waals surface area contributed by atoms with E-state index < -0.39 is 132 Å². The smallest absolute Gasteiger partial charge is 0.350 e. The molecule has 15 fully saturated rings. The average Bonchev–Trinajstić information content (AvgIpc) is 1.55. The molecule has 0 aromatic heterocycles. The third kappa shape index (κ3) is 22.3. The monoisotopic (exact) mass is 1810 g/mol. The van der Waals surface area contributed by atoms with Crippen molar-refractivity contribution >= 4 is 83.6 Å².